The van der Waals surface area contributed by atoms with Gasteiger partial charge in [0.2, 0.25) is 5.91 Å². The number of hydrogen-bond acceptors (Lipinski definition) is 3. The van der Waals surface area contributed by atoms with Crippen molar-refractivity contribution < 1.29 is 9.90 Å². The Morgan fingerprint density at radius 1 is 1.32 bits per heavy atom. The summed E-state index contributed by atoms with van der Waals surface area (Å²) in [5.41, 5.74) is 2.10. The molecule has 0 unspecified atom stereocenters. The lowest BCUT2D eigenvalue weighted by Crippen LogP contribution is -2.48. The molecule has 1 N–H and O–H groups in total. The Bertz CT molecular complexity index is 518. The van der Waals surface area contributed by atoms with Crippen molar-refractivity contribution in [1.82, 2.24) is 9.80 Å². The van der Waals surface area contributed by atoms with E-state index in [0.717, 1.165) is 30.4 Å². The van der Waals surface area contributed by atoms with Crippen LogP contribution in [0.5, 0.6) is 0 Å². The van der Waals surface area contributed by atoms with Gasteiger partial charge >= 0.3 is 0 Å². The Labute approximate surface area is 133 Å². The second kappa shape index (κ2) is 6.80. The standard InChI is InChI=1S/C18H28N2O2/c1-14-7-5-8-15(11-14)16(19(2)3)17(22)20(4)12-18(13-21)9-6-10-18/h5,7-8,11,16,21H,6,9-10,12-13H2,1-4H3/t16-/m0/s1. The Hall–Kier alpha value is -1.39. The van der Waals surface area contributed by atoms with E-state index in [1.165, 1.54) is 0 Å². The molecule has 1 aliphatic carbocycles. The minimum absolute atomic E-state index is 0.0755. The average molecular weight is 304 g/mol. The van der Waals surface area contributed by atoms with E-state index in [2.05, 4.69) is 6.07 Å². The fourth-order valence-electron chi connectivity index (χ4n) is 3.33. The number of amides is 1. The molecule has 0 bridgehead atoms. The Morgan fingerprint density at radius 2 is 2.00 bits per heavy atom. The summed E-state index contributed by atoms with van der Waals surface area (Å²) in [6.07, 6.45) is 3.17. The third-order valence-corrected chi connectivity index (χ3v) is 4.81. The molecule has 22 heavy (non-hydrogen) atoms. The van der Waals surface area contributed by atoms with Crippen LogP contribution in [0.2, 0.25) is 0 Å². The van der Waals surface area contributed by atoms with Crippen molar-refractivity contribution in [2.75, 3.05) is 34.3 Å². The maximum Gasteiger partial charge on any atom is 0.244 e. The Kier molecular flexibility index (Phi) is 5.24. The van der Waals surface area contributed by atoms with Gasteiger partial charge in [-0.3, -0.25) is 9.69 Å². The molecule has 1 saturated carbocycles. The molecule has 1 amide bonds. The summed E-state index contributed by atoms with van der Waals surface area (Å²) in [6, 6.07) is 7.84. The molecule has 1 aromatic carbocycles. The third kappa shape index (κ3) is 3.50. The first kappa shape index (κ1) is 17.0. The monoisotopic (exact) mass is 304 g/mol. The van der Waals surface area contributed by atoms with Crippen LogP contribution in [0.1, 0.15) is 36.4 Å². The Balaban J connectivity index is 2.16. The van der Waals surface area contributed by atoms with Crippen molar-refractivity contribution in [3.8, 4) is 0 Å². The van der Waals surface area contributed by atoms with Crippen LogP contribution in [-0.2, 0) is 4.79 Å². The number of hydrogen-bond donors (Lipinski definition) is 1. The van der Waals surface area contributed by atoms with Crippen molar-refractivity contribution >= 4 is 5.91 Å². The summed E-state index contributed by atoms with van der Waals surface area (Å²) in [6.45, 7) is 2.85. The molecular formula is C18H28N2O2. The number of carbonyl (C=O) groups excluding carboxylic acids is 1. The first-order chi connectivity index (χ1) is 10.4. The minimum atomic E-state index is -0.277. The summed E-state index contributed by atoms with van der Waals surface area (Å²) >= 11 is 0. The van der Waals surface area contributed by atoms with Gasteiger partial charge < -0.3 is 10.0 Å². The van der Waals surface area contributed by atoms with E-state index in [-0.39, 0.29) is 24.0 Å². The van der Waals surface area contributed by atoms with Crippen LogP contribution in [0.4, 0.5) is 0 Å². The predicted octanol–water partition coefficient (Wildman–Crippen LogP) is 2.22. The first-order valence-electron chi connectivity index (χ1n) is 7.97. The largest absolute Gasteiger partial charge is 0.396 e. The molecule has 0 aromatic heterocycles. The maximum absolute atomic E-state index is 12.9. The quantitative estimate of drug-likeness (QED) is 0.876. The molecule has 2 rings (SSSR count). The van der Waals surface area contributed by atoms with Crippen LogP contribution in [-0.4, -0.2) is 55.1 Å². The molecule has 1 atom stereocenters. The van der Waals surface area contributed by atoms with E-state index in [1.807, 2.05) is 51.2 Å². The lowest BCUT2D eigenvalue weighted by atomic mass is 9.69. The second-order valence-electron chi connectivity index (χ2n) is 6.99. The van der Waals surface area contributed by atoms with Crippen LogP contribution in [0.25, 0.3) is 0 Å². The highest BCUT2D eigenvalue weighted by Crippen LogP contribution is 2.41. The summed E-state index contributed by atoms with van der Waals surface area (Å²) in [5.74, 6) is 0.0929. The van der Waals surface area contributed by atoms with E-state index in [0.29, 0.717) is 6.54 Å². The molecule has 122 valence electrons. The number of nitrogens with zero attached hydrogens (tertiary/aromatic N) is 2. The molecule has 1 aliphatic rings. The van der Waals surface area contributed by atoms with Crippen molar-refractivity contribution in [2.24, 2.45) is 5.41 Å². The molecule has 0 saturated heterocycles. The van der Waals surface area contributed by atoms with Crippen LogP contribution >= 0.6 is 0 Å². The van der Waals surface area contributed by atoms with Crippen molar-refractivity contribution in [3.63, 3.8) is 0 Å². The van der Waals surface area contributed by atoms with Crippen molar-refractivity contribution in [3.05, 3.63) is 35.4 Å². The number of aliphatic hydroxyl groups excluding tert-OH is 1. The van der Waals surface area contributed by atoms with Gasteiger partial charge in [-0.2, -0.15) is 0 Å². The Morgan fingerprint density at radius 3 is 2.45 bits per heavy atom. The maximum atomic E-state index is 12.9. The number of rotatable bonds is 6. The van der Waals surface area contributed by atoms with Gasteiger partial charge in [-0.25, -0.2) is 0 Å². The molecule has 0 aliphatic heterocycles. The second-order valence-corrected chi connectivity index (χ2v) is 6.99. The van der Waals surface area contributed by atoms with Crippen molar-refractivity contribution in [2.45, 2.75) is 32.2 Å². The van der Waals surface area contributed by atoms with E-state index >= 15 is 0 Å². The topological polar surface area (TPSA) is 43.8 Å². The SMILES string of the molecule is Cc1cccc([C@@H](C(=O)N(C)CC2(CO)CCC2)N(C)C)c1. The molecule has 0 spiro atoms. The zero-order valence-corrected chi connectivity index (χ0v) is 14.2. The van der Waals surface area contributed by atoms with Gasteiger partial charge in [0.25, 0.3) is 0 Å². The highest BCUT2D eigenvalue weighted by molar-refractivity contribution is 5.83. The summed E-state index contributed by atoms with van der Waals surface area (Å²) < 4.78 is 0. The molecule has 0 heterocycles. The molecular weight excluding hydrogens is 276 g/mol. The van der Waals surface area contributed by atoms with Crippen molar-refractivity contribution in [1.29, 1.82) is 0 Å². The average Bonchev–Trinajstić information content (AvgIpc) is 2.42. The number of carbonyl (C=O) groups is 1. The van der Waals surface area contributed by atoms with Crippen LogP contribution in [0.15, 0.2) is 24.3 Å². The smallest absolute Gasteiger partial charge is 0.244 e. The van der Waals surface area contributed by atoms with E-state index in [9.17, 15) is 9.90 Å². The van der Waals surface area contributed by atoms with E-state index in [4.69, 9.17) is 0 Å². The normalized spacial score (nSPS) is 17.9. The van der Waals surface area contributed by atoms with E-state index < -0.39 is 0 Å². The van der Waals surface area contributed by atoms with Crippen LogP contribution in [0, 0.1) is 12.3 Å². The van der Waals surface area contributed by atoms with Gasteiger partial charge in [0.05, 0.1) is 6.61 Å². The van der Waals surface area contributed by atoms with Gasteiger partial charge in [-0.15, -0.1) is 0 Å². The van der Waals surface area contributed by atoms with E-state index in [1.54, 1.807) is 4.90 Å². The molecule has 0 radical (unpaired) electrons. The summed E-state index contributed by atoms with van der Waals surface area (Å²) in [7, 11) is 5.72. The molecule has 1 fully saturated rings. The van der Waals surface area contributed by atoms with Gasteiger partial charge in [0.15, 0.2) is 0 Å². The zero-order valence-electron chi connectivity index (χ0n) is 14.2. The van der Waals surface area contributed by atoms with Crippen LogP contribution < -0.4 is 0 Å². The first-order valence-corrected chi connectivity index (χ1v) is 7.97. The van der Waals surface area contributed by atoms with Gasteiger partial charge in [-0.1, -0.05) is 36.2 Å². The lowest BCUT2D eigenvalue weighted by Gasteiger charge is -2.43. The minimum Gasteiger partial charge on any atom is -0.396 e. The summed E-state index contributed by atoms with van der Waals surface area (Å²) in [5, 5.41) is 9.62. The predicted molar refractivity (Wildman–Crippen MR) is 88.6 cm³/mol. The lowest BCUT2D eigenvalue weighted by molar-refractivity contribution is -0.138. The number of aliphatic hydroxyl groups is 1. The van der Waals surface area contributed by atoms with Crippen LogP contribution in [0.3, 0.4) is 0 Å². The fraction of sp³-hybridized carbons (Fsp3) is 0.611. The number of likely N-dealkylation sites (N-methyl/N-ethyl adjacent to an activating group) is 2. The highest BCUT2D eigenvalue weighted by Gasteiger charge is 2.39. The fourth-order valence-corrected chi connectivity index (χ4v) is 3.33. The van der Waals surface area contributed by atoms with Gasteiger partial charge in [0, 0.05) is 19.0 Å². The molecule has 4 nitrogen and oxygen atoms in total. The van der Waals surface area contributed by atoms with Gasteiger partial charge in [-0.05, 0) is 39.4 Å². The molecule has 4 heteroatoms. The number of aryl methyl sites for hydroxylation is 1. The number of benzene rings is 1. The highest BCUT2D eigenvalue weighted by atomic mass is 16.3. The van der Waals surface area contributed by atoms with Gasteiger partial charge in [0.1, 0.15) is 6.04 Å². The zero-order chi connectivity index (χ0) is 16.3. The summed E-state index contributed by atoms with van der Waals surface area (Å²) in [4.78, 5) is 16.7. The third-order valence-electron chi connectivity index (χ3n) is 4.81. The molecule has 1 aromatic rings.